The van der Waals surface area contributed by atoms with Gasteiger partial charge in [0.25, 0.3) is 0 Å². The molecule has 2 aromatic rings. The van der Waals surface area contributed by atoms with E-state index in [1.807, 2.05) is 30.3 Å². The van der Waals surface area contributed by atoms with Crippen LogP contribution in [0.25, 0.3) is 0 Å². The first-order chi connectivity index (χ1) is 20.8. The van der Waals surface area contributed by atoms with Gasteiger partial charge >= 0.3 is 177 Å². The molecule has 0 aliphatic carbocycles. The summed E-state index contributed by atoms with van der Waals surface area (Å²) in [5.41, 5.74) is 1.76. The number of ether oxygens (including phenoxy) is 1. The molecular weight excluding hydrogens is 691 g/mol. The Morgan fingerprint density at radius 1 is 1.07 bits per heavy atom. The average Bonchev–Trinajstić information content (AvgIpc) is 3.55. The van der Waals surface area contributed by atoms with Crippen LogP contribution in [0.3, 0.4) is 0 Å². The van der Waals surface area contributed by atoms with Crippen LogP contribution in [-0.4, -0.2) is 76.6 Å². The number of carbonyl (C=O) groups excluding carboxylic acids is 3. The van der Waals surface area contributed by atoms with Gasteiger partial charge in [0, 0.05) is 6.54 Å². The average molecular weight is 726 g/mol. The molecule has 0 saturated carbocycles. The molecule has 2 aromatic carbocycles. The molecule has 1 saturated heterocycles. The number of guanidine groups is 1. The Labute approximate surface area is 265 Å². The maximum atomic E-state index is 13.3. The standard InChI is InChI=1S/C29H35ClIN6O6/c30-23-8-6-20(7-9-23)22(15-33-28-34-18-31-36-28)14-25(38)37-12-10-21(11-13-37)26(39)32-16-24(27(40)41)35-29(42)43-17-19-4-2-1-3-5-19/h1-9,21-22,24H,10-18H2,(H,32,39)(H,35,42)(H,40,41)(H2,33,34,36)/q-1/t22?,24-/m0/s1. The minimum absolute atomic E-state index is 0.00138. The zero-order valence-electron chi connectivity index (χ0n) is 23.4. The van der Waals surface area contributed by atoms with Crippen molar-refractivity contribution < 1.29 is 50.5 Å². The van der Waals surface area contributed by atoms with Crippen molar-refractivity contribution in [2.75, 3.05) is 30.7 Å². The number of carboxylic acid groups (broad SMARTS) is 1. The normalized spacial score (nSPS) is 16.5. The van der Waals surface area contributed by atoms with Crippen LogP contribution in [0.15, 0.2) is 59.6 Å². The van der Waals surface area contributed by atoms with Crippen LogP contribution >= 0.6 is 11.6 Å². The Hall–Kier alpha value is -3.59. The molecule has 1 fully saturated rings. The van der Waals surface area contributed by atoms with Gasteiger partial charge in [0.2, 0.25) is 0 Å². The number of alkyl carbamates (subject to hydrolysis) is 1. The number of amides is 3. The molecule has 2 aliphatic rings. The smallest absolute Gasteiger partial charge is 0.328 e. The van der Waals surface area contributed by atoms with Crippen molar-refractivity contribution in [3.63, 3.8) is 0 Å². The second kappa shape index (κ2) is 16.3. The van der Waals surface area contributed by atoms with Crippen molar-refractivity contribution in [3.05, 3.63) is 70.7 Å². The van der Waals surface area contributed by atoms with Gasteiger partial charge in [0.15, 0.2) is 0 Å². The molecule has 0 aromatic heterocycles. The molecule has 232 valence electrons. The summed E-state index contributed by atoms with van der Waals surface area (Å²) in [6.07, 6.45) is 0.310. The third kappa shape index (κ3) is 10.3. The molecule has 4 rings (SSSR count). The van der Waals surface area contributed by atoms with Gasteiger partial charge in [-0.05, 0) is 5.56 Å². The van der Waals surface area contributed by atoms with E-state index in [-0.39, 0.29) is 58.3 Å². The van der Waals surface area contributed by atoms with Gasteiger partial charge in [-0.3, -0.25) is 4.79 Å². The van der Waals surface area contributed by atoms with E-state index in [2.05, 4.69) is 24.5 Å². The Morgan fingerprint density at radius 3 is 2.44 bits per heavy atom. The van der Waals surface area contributed by atoms with Crippen LogP contribution in [-0.2, 0) is 25.7 Å². The fourth-order valence-electron chi connectivity index (χ4n) is 4.75. The van der Waals surface area contributed by atoms with Crippen molar-refractivity contribution in [3.8, 4) is 0 Å². The van der Waals surface area contributed by atoms with E-state index in [0.717, 1.165) is 21.6 Å². The fraction of sp³-hybridized carbons (Fsp3) is 0.414. The van der Waals surface area contributed by atoms with E-state index in [0.29, 0.717) is 43.9 Å². The van der Waals surface area contributed by atoms with E-state index in [1.54, 1.807) is 29.2 Å². The molecule has 43 heavy (non-hydrogen) atoms. The van der Waals surface area contributed by atoms with Gasteiger partial charge < -0.3 is 20.5 Å². The molecule has 3 amide bonds. The number of carbonyl (C=O) groups is 4. The number of nitrogens with zero attached hydrogens (tertiary/aromatic N) is 2. The third-order valence-electron chi connectivity index (χ3n) is 7.21. The quantitative estimate of drug-likeness (QED) is 0.0812. The van der Waals surface area contributed by atoms with Gasteiger partial charge in [-0.2, -0.15) is 0 Å². The Bertz CT molecular complexity index is 1290. The first-order valence-corrected chi connectivity index (χ1v) is 16.9. The second-order valence-electron chi connectivity index (χ2n) is 10.2. The number of benzene rings is 2. The fourth-order valence-corrected chi connectivity index (χ4v) is 6.28. The van der Waals surface area contributed by atoms with E-state index < -0.39 is 18.1 Å². The number of rotatable bonds is 12. The van der Waals surface area contributed by atoms with Crippen molar-refractivity contribution in [2.45, 2.75) is 37.8 Å². The van der Waals surface area contributed by atoms with E-state index in [1.165, 1.54) is 0 Å². The molecule has 2 heterocycles. The number of piperidine rings is 1. The number of alkyl halides is 1. The number of hydrogen-bond acceptors (Lipinski definition) is 8. The zero-order chi connectivity index (χ0) is 30.6. The topological polar surface area (TPSA) is 161 Å². The number of carboxylic acids is 1. The van der Waals surface area contributed by atoms with Gasteiger partial charge in [-0.15, -0.1) is 0 Å². The van der Waals surface area contributed by atoms with E-state index in [4.69, 9.17) is 16.3 Å². The van der Waals surface area contributed by atoms with Crippen LogP contribution in [0.1, 0.15) is 36.3 Å². The molecule has 2 atom stereocenters. The summed E-state index contributed by atoms with van der Waals surface area (Å²) in [5, 5.41) is 18.4. The SMILES string of the molecule is O=C(N[C@@H](CNC(=O)C1CCN(C(=O)CC(CNC2=NC[I-]N2)c2ccc(Cl)cc2)CC1)C(=O)O)OCc1ccccc1. The predicted octanol–water partition coefficient (Wildman–Crippen LogP) is -0.942. The first-order valence-electron chi connectivity index (χ1n) is 13.9. The maximum absolute atomic E-state index is 13.3. The van der Waals surface area contributed by atoms with Crippen LogP contribution in [0.5, 0.6) is 0 Å². The van der Waals surface area contributed by atoms with Crippen molar-refractivity contribution in [2.24, 2.45) is 10.9 Å². The predicted molar refractivity (Wildman–Crippen MR) is 156 cm³/mol. The third-order valence-corrected chi connectivity index (χ3v) is 9.04. The molecule has 1 unspecified atom stereocenters. The Morgan fingerprint density at radius 2 is 1.79 bits per heavy atom. The van der Waals surface area contributed by atoms with Gasteiger partial charge in [0.1, 0.15) is 12.6 Å². The zero-order valence-corrected chi connectivity index (χ0v) is 26.3. The monoisotopic (exact) mass is 725 g/mol. The summed E-state index contributed by atoms with van der Waals surface area (Å²) >= 11 is 5.93. The van der Waals surface area contributed by atoms with E-state index >= 15 is 0 Å². The number of likely N-dealkylation sites (tertiary alicyclic amines) is 1. The largest absolute Gasteiger partial charge is 0.480 e. The van der Waals surface area contributed by atoms with Crippen molar-refractivity contribution >= 4 is 41.4 Å². The van der Waals surface area contributed by atoms with E-state index in [9.17, 15) is 24.3 Å². The molecule has 12 nitrogen and oxygen atoms in total. The van der Waals surface area contributed by atoms with Crippen molar-refractivity contribution in [1.29, 1.82) is 0 Å². The summed E-state index contributed by atoms with van der Waals surface area (Å²) < 4.78 is 9.19. The second-order valence-corrected chi connectivity index (χ2v) is 12.6. The number of nitrogens with one attached hydrogen (secondary N) is 4. The molecule has 5 N–H and O–H groups in total. The number of hydrogen-bond donors (Lipinski definition) is 5. The molecular formula is C29H35ClIN6O6-. The minimum atomic E-state index is -1.35. The molecule has 0 spiro atoms. The van der Waals surface area contributed by atoms with Gasteiger partial charge in [-0.1, -0.05) is 30.3 Å². The molecule has 14 heteroatoms. The number of aliphatic carboxylic acids is 1. The summed E-state index contributed by atoms with van der Waals surface area (Å²) in [5.74, 6) is -1.29. The maximum Gasteiger partial charge on any atom is 0.328 e. The van der Waals surface area contributed by atoms with Crippen molar-refractivity contribution in [1.82, 2.24) is 24.4 Å². The van der Waals surface area contributed by atoms with Crippen LogP contribution < -0.4 is 41.0 Å². The molecule has 0 bridgehead atoms. The Kier molecular flexibility index (Phi) is 12.3. The van der Waals surface area contributed by atoms with Gasteiger partial charge in [0.05, 0.1) is 0 Å². The molecule has 2 aliphatic heterocycles. The van der Waals surface area contributed by atoms with Crippen LogP contribution in [0.4, 0.5) is 4.79 Å². The first kappa shape index (κ1) is 32.3. The van der Waals surface area contributed by atoms with Crippen LogP contribution in [0.2, 0.25) is 5.02 Å². The van der Waals surface area contributed by atoms with Crippen LogP contribution in [0, 0.1) is 5.92 Å². The molecule has 0 radical (unpaired) electrons. The summed E-state index contributed by atoms with van der Waals surface area (Å²) in [6.45, 7) is 1.09. The summed E-state index contributed by atoms with van der Waals surface area (Å²) in [7, 11) is 0. The minimum Gasteiger partial charge on any atom is -0.480 e. The summed E-state index contributed by atoms with van der Waals surface area (Å²) in [6, 6.07) is 15.1. The Balaban J connectivity index is 1.22. The van der Waals surface area contributed by atoms with Gasteiger partial charge in [-0.25, -0.2) is 9.59 Å². The number of halogens is 2. The summed E-state index contributed by atoms with van der Waals surface area (Å²) in [4.78, 5) is 56.0. The number of aliphatic imine (C=N–C) groups is 1.